The summed E-state index contributed by atoms with van der Waals surface area (Å²) in [6.45, 7) is 3.72. The van der Waals surface area contributed by atoms with E-state index in [0.29, 0.717) is 28.4 Å². The number of rotatable bonds is 5. The minimum atomic E-state index is -1.28. The Morgan fingerprint density at radius 2 is 1.86 bits per heavy atom. The second-order valence-corrected chi connectivity index (χ2v) is 9.81. The van der Waals surface area contributed by atoms with Gasteiger partial charge in [-0.05, 0) is 49.2 Å². The second-order valence-electron chi connectivity index (χ2n) is 8.64. The number of thioether (sulfide) groups is 1. The zero-order chi connectivity index (χ0) is 24.7. The summed E-state index contributed by atoms with van der Waals surface area (Å²) in [6.07, 6.45) is 0. The zero-order valence-electron chi connectivity index (χ0n) is 19.7. The van der Waals surface area contributed by atoms with Gasteiger partial charge in [-0.15, -0.1) is 11.8 Å². The first-order valence-corrected chi connectivity index (χ1v) is 12.2. The maximum absolute atomic E-state index is 14.1. The number of nitrogens with zero attached hydrogens (tertiary/aromatic N) is 2. The van der Waals surface area contributed by atoms with Crippen LogP contribution >= 0.6 is 11.8 Å². The molecule has 1 fully saturated rings. The van der Waals surface area contributed by atoms with E-state index < -0.39 is 4.87 Å². The predicted octanol–water partition coefficient (Wildman–Crippen LogP) is 4.23. The molecule has 2 aliphatic rings. The fourth-order valence-electron chi connectivity index (χ4n) is 4.67. The maximum atomic E-state index is 14.1. The van der Waals surface area contributed by atoms with E-state index in [1.807, 2.05) is 56.3 Å². The Hall–Kier alpha value is -3.78. The molecule has 1 saturated heterocycles. The molecule has 1 atom stereocenters. The molecule has 3 amide bonds. The van der Waals surface area contributed by atoms with Crippen LogP contribution in [0.1, 0.15) is 16.7 Å². The Bertz CT molecular complexity index is 1360. The molecule has 0 saturated carbocycles. The van der Waals surface area contributed by atoms with Gasteiger partial charge in [0.15, 0.2) is 0 Å². The van der Waals surface area contributed by atoms with Gasteiger partial charge in [-0.2, -0.15) is 0 Å². The molecule has 1 spiro atoms. The number of amides is 3. The van der Waals surface area contributed by atoms with Gasteiger partial charge in [0.2, 0.25) is 16.7 Å². The molecule has 0 aromatic heterocycles. The fraction of sp³-hybridized carbons (Fsp3) is 0.222. The summed E-state index contributed by atoms with van der Waals surface area (Å²) >= 11 is 1.28. The number of methoxy groups -OCH3 is 1. The van der Waals surface area contributed by atoms with Crippen molar-refractivity contribution in [1.29, 1.82) is 0 Å². The first-order valence-electron chi connectivity index (χ1n) is 11.2. The number of hydrogen-bond donors (Lipinski definition) is 1. The van der Waals surface area contributed by atoms with Crippen LogP contribution in [0, 0.1) is 13.8 Å². The molecule has 2 aliphatic heterocycles. The van der Waals surface area contributed by atoms with Crippen molar-refractivity contribution < 1.29 is 19.1 Å². The van der Waals surface area contributed by atoms with Gasteiger partial charge in [-0.1, -0.05) is 36.4 Å². The van der Waals surface area contributed by atoms with Crippen molar-refractivity contribution in [2.75, 3.05) is 34.5 Å². The van der Waals surface area contributed by atoms with Crippen molar-refractivity contribution >= 4 is 46.5 Å². The Morgan fingerprint density at radius 1 is 1.06 bits per heavy atom. The van der Waals surface area contributed by atoms with Crippen LogP contribution in [0.25, 0.3) is 0 Å². The number of carbonyl (C=O) groups excluding carboxylic acids is 3. The molecule has 0 aliphatic carbocycles. The average molecular weight is 488 g/mol. The van der Waals surface area contributed by atoms with E-state index >= 15 is 0 Å². The lowest BCUT2D eigenvalue weighted by molar-refractivity contribution is -0.124. The lowest BCUT2D eigenvalue weighted by Gasteiger charge is -2.33. The van der Waals surface area contributed by atoms with Crippen LogP contribution in [-0.2, 0) is 19.3 Å². The molecule has 0 unspecified atom stereocenters. The molecular formula is C27H25N3O4S. The number of carbonyl (C=O) groups is 3. The molecule has 0 radical (unpaired) electrons. The van der Waals surface area contributed by atoms with Crippen LogP contribution in [0.15, 0.2) is 66.7 Å². The summed E-state index contributed by atoms with van der Waals surface area (Å²) in [5.74, 6) is -0.0478. The summed E-state index contributed by atoms with van der Waals surface area (Å²) in [5.41, 5.74) is 4.58. The minimum Gasteiger partial charge on any atom is -0.497 e. The van der Waals surface area contributed by atoms with E-state index in [1.165, 1.54) is 16.7 Å². The van der Waals surface area contributed by atoms with Gasteiger partial charge in [0.05, 0.1) is 18.6 Å². The van der Waals surface area contributed by atoms with Crippen LogP contribution in [0.5, 0.6) is 5.75 Å². The van der Waals surface area contributed by atoms with Crippen molar-refractivity contribution in [3.63, 3.8) is 0 Å². The largest absolute Gasteiger partial charge is 0.497 e. The van der Waals surface area contributed by atoms with Gasteiger partial charge in [0.25, 0.3) is 5.91 Å². The Kier molecular flexibility index (Phi) is 5.76. The number of hydrogen-bond acceptors (Lipinski definition) is 5. The van der Waals surface area contributed by atoms with E-state index in [-0.39, 0.29) is 30.0 Å². The summed E-state index contributed by atoms with van der Waals surface area (Å²) in [5, 5.41) is 2.94. The number of fused-ring (bicyclic) bond motifs is 2. The van der Waals surface area contributed by atoms with Gasteiger partial charge < -0.3 is 10.1 Å². The first-order chi connectivity index (χ1) is 16.8. The molecule has 0 bridgehead atoms. The number of aryl methyl sites for hydroxylation is 2. The molecule has 7 nitrogen and oxygen atoms in total. The SMILES string of the molecule is COc1cccc(N2C(=O)CS[C@]23C(=O)N(CC(=O)Nc2cc(C)ccc2C)c2ccccc23)c1. The van der Waals surface area contributed by atoms with E-state index in [1.54, 1.807) is 36.3 Å². The van der Waals surface area contributed by atoms with Crippen LogP contribution in [0.4, 0.5) is 17.1 Å². The summed E-state index contributed by atoms with van der Waals surface area (Å²) in [4.78, 5) is 42.1. The number of nitrogens with one attached hydrogen (secondary N) is 1. The molecule has 1 N–H and O–H groups in total. The smallest absolute Gasteiger partial charge is 0.269 e. The Morgan fingerprint density at radius 3 is 2.66 bits per heavy atom. The molecule has 35 heavy (non-hydrogen) atoms. The highest BCUT2D eigenvalue weighted by molar-refractivity contribution is 8.02. The lowest BCUT2D eigenvalue weighted by atomic mass is 10.0. The normalized spacial score (nSPS) is 18.8. The number of benzene rings is 3. The first kappa shape index (κ1) is 23.0. The van der Waals surface area contributed by atoms with Crippen molar-refractivity contribution in [1.82, 2.24) is 0 Å². The zero-order valence-corrected chi connectivity index (χ0v) is 20.5. The van der Waals surface area contributed by atoms with Gasteiger partial charge >= 0.3 is 0 Å². The molecule has 2 heterocycles. The average Bonchev–Trinajstić information content (AvgIpc) is 3.32. The third kappa shape index (κ3) is 3.74. The van der Waals surface area contributed by atoms with Crippen LogP contribution in [-0.4, -0.2) is 37.1 Å². The second kappa shape index (κ2) is 8.78. The summed E-state index contributed by atoms with van der Waals surface area (Å²) < 4.78 is 5.35. The van der Waals surface area contributed by atoms with Crippen molar-refractivity contribution in [2.45, 2.75) is 18.7 Å². The molecule has 5 rings (SSSR count). The van der Waals surface area contributed by atoms with Crippen LogP contribution in [0.2, 0.25) is 0 Å². The van der Waals surface area contributed by atoms with Gasteiger partial charge in [-0.25, -0.2) is 0 Å². The quantitative estimate of drug-likeness (QED) is 0.583. The van der Waals surface area contributed by atoms with E-state index in [0.717, 1.165) is 11.1 Å². The fourth-order valence-corrected chi connectivity index (χ4v) is 6.03. The highest BCUT2D eigenvalue weighted by Gasteiger charge is 2.61. The highest BCUT2D eigenvalue weighted by atomic mass is 32.2. The van der Waals surface area contributed by atoms with E-state index in [4.69, 9.17) is 4.74 Å². The number of ether oxygens (including phenoxy) is 1. The third-order valence-corrected chi connectivity index (χ3v) is 7.73. The van der Waals surface area contributed by atoms with E-state index in [9.17, 15) is 14.4 Å². The van der Waals surface area contributed by atoms with Crippen molar-refractivity contribution in [3.05, 3.63) is 83.4 Å². The van der Waals surface area contributed by atoms with Crippen LogP contribution in [0.3, 0.4) is 0 Å². The minimum absolute atomic E-state index is 0.153. The van der Waals surface area contributed by atoms with Gasteiger partial charge in [-0.3, -0.25) is 24.2 Å². The van der Waals surface area contributed by atoms with Gasteiger partial charge in [0, 0.05) is 23.0 Å². The maximum Gasteiger partial charge on any atom is 0.269 e. The Balaban J connectivity index is 1.52. The number of anilines is 3. The topological polar surface area (TPSA) is 79.0 Å². The van der Waals surface area contributed by atoms with Crippen LogP contribution < -0.4 is 19.9 Å². The Labute approximate surface area is 208 Å². The summed E-state index contributed by atoms with van der Waals surface area (Å²) in [6, 6.07) is 20.3. The molecule has 3 aromatic rings. The monoisotopic (exact) mass is 487 g/mol. The molecule has 3 aromatic carbocycles. The highest BCUT2D eigenvalue weighted by Crippen LogP contribution is 2.55. The lowest BCUT2D eigenvalue weighted by Crippen LogP contribution is -2.50. The van der Waals surface area contributed by atoms with Crippen molar-refractivity contribution in [3.8, 4) is 5.75 Å². The number of para-hydroxylation sites is 1. The standard InChI is InChI=1S/C27H25N3O4S/c1-17-11-12-18(2)22(13-17)28-24(31)15-29-23-10-5-4-9-21(23)27(26(29)33)30(25(32)16-35-27)19-7-6-8-20(14-19)34-3/h4-14H,15-16H2,1-3H3,(H,28,31)/t27-/m1/s1. The third-order valence-electron chi connectivity index (χ3n) is 6.34. The van der Waals surface area contributed by atoms with Gasteiger partial charge in [0.1, 0.15) is 12.3 Å². The molecular weight excluding hydrogens is 462 g/mol. The predicted molar refractivity (Wildman–Crippen MR) is 138 cm³/mol. The van der Waals surface area contributed by atoms with E-state index in [2.05, 4.69) is 5.32 Å². The molecule has 8 heteroatoms. The van der Waals surface area contributed by atoms with Crippen molar-refractivity contribution in [2.24, 2.45) is 0 Å². The molecule has 178 valence electrons. The summed E-state index contributed by atoms with van der Waals surface area (Å²) in [7, 11) is 1.56.